The van der Waals surface area contributed by atoms with Crippen LogP contribution in [0.3, 0.4) is 0 Å². The van der Waals surface area contributed by atoms with Crippen LogP contribution in [0.1, 0.15) is 47.9 Å². The molecule has 6 nitrogen and oxygen atoms in total. The van der Waals surface area contributed by atoms with Gasteiger partial charge in [-0.3, -0.25) is 9.45 Å². The molecule has 38 heavy (non-hydrogen) atoms. The highest BCUT2D eigenvalue weighted by Crippen LogP contribution is 2.42. The Bertz CT molecular complexity index is 1210. The second-order valence-electron chi connectivity index (χ2n) is 10.3. The lowest BCUT2D eigenvalue weighted by atomic mass is 9.70. The first-order valence-electron chi connectivity index (χ1n) is 13.4. The average molecular weight is 537 g/mol. The smallest absolute Gasteiger partial charge is 0.261 e. The summed E-state index contributed by atoms with van der Waals surface area (Å²) in [7, 11) is -1.89. The fourth-order valence-corrected chi connectivity index (χ4v) is 6.11. The average Bonchev–Trinajstić information content (AvgIpc) is 2.93. The Hall–Kier alpha value is -2.71. The van der Waals surface area contributed by atoms with Crippen molar-refractivity contribution < 1.29 is 17.7 Å². The summed E-state index contributed by atoms with van der Waals surface area (Å²) in [5.74, 6) is 2.06. The molecule has 204 valence electrons. The zero-order valence-corrected chi connectivity index (χ0v) is 23.4. The molecule has 3 aliphatic rings. The third kappa shape index (κ3) is 7.23. The van der Waals surface area contributed by atoms with E-state index in [1.165, 1.54) is 48.2 Å². The van der Waals surface area contributed by atoms with Crippen molar-refractivity contribution in [2.45, 2.75) is 50.7 Å². The number of aryl methyl sites for hydroxylation is 1. The molecule has 7 heteroatoms. The molecular formula is C31H40N2O4S. The standard InChI is InChI=1S/C30H36N2O.CH4O3S/c1-3-22-14-15-27(33-2)26(20-22)21-31-29-25-16-18-32(19-17-25)30(29)28(23-10-6-4-7-11-23)24-12-8-5-9-13-24;1-5(2,3)4/h4-15,20,25,28-31H,3,16-19,21H2,1-2H3;1H3,(H,2,3,4)/t29-,30-;/m0./s1. The number of methoxy groups -OCH3 is 1. The highest BCUT2D eigenvalue weighted by molar-refractivity contribution is 7.85. The van der Waals surface area contributed by atoms with E-state index in [1.54, 1.807) is 7.11 Å². The predicted octanol–water partition coefficient (Wildman–Crippen LogP) is 5.15. The van der Waals surface area contributed by atoms with Gasteiger partial charge in [0.2, 0.25) is 0 Å². The van der Waals surface area contributed by atoms with Gasteiger partial charge in [-0.15, -0.1) is 0 Å². The largest absolute Gasteiger partial charge is 0.496 e. The van der Waals surface area contributed by atoms with Crippen LogP contribution in [-0.4, -0.2) is 56.4 Å². The second-order valence-corrected chi connectivity index (χ2v) is 11.8. The van der Waals surface area contributed by atoms with Crippen LogP contribution in [0.4, 0.5) is 0 Å². The lowest BCUT2D eigenvalue weighted by Gasteiger charge is -2.54. The second kappa shape index (κ2) is 12.9. The van der Waals surface area contributed by atoms with Gasteiger partial charge in [0.15, 0.2) is 0 Å². The van der Waals surface area contributed by atoms with Gasteiger partial charge in [-0.25, -0.2) is 0 Å². The molecule has 0 amide bonds. The number of piperidine rings is 3. The minimum absolute atomic E-state index is 0.358. The van der Waals surface area contributed by atoms with Gasteiger partial charge < -0.3 is 10.1 Å². The van der Waals surface area contributed by atoms with Crippen molar-refractivity contribution in [3.63, 3.8) is 0 Å². The Morgan fingerprint density at radius 3 is 2.03 bits per heavy atom. The van der Waals surface area contributed by atoms with Crippen LogP contribution >= 0.6 is 0 Å². The first kappa shape index (κ1) is 28.3. The Kier molecular flexibility index (Phi) is 9.60. The molecule has 3 saturated heterocycles. The maximum absolute atomic E-state index is 9.19. The number of ether oxygens (including phenoxy) is 1. The normalized spacial score (nSPS) is 22.6. The van der Waals surface area contributed by atoms with E-state index in [1.807, 2.05) is 0 Å². The Morgan fingerprint density at radius 1 is 0.974 bits per heavy atom. The van der Waals surface area contributed by atoms with Crippen molar-refractivity contribution in [1.29, 1.82) is 0 Å². The molecule has 3 heterocycles. The third-order valence-electron chi connectivity index (χ3n) is 7.81. The van der Waals surface area contributed by atoms with Crippen LogP contribution in [0.25, 0.3) is 0 Å². The molecule has 3 fully saturated rings. The number of benzene rings is 3. The lowest BCUT2D eigenvalue weighted by molar-refractivity contribution is 0.00462. The Morgan fingerprint density at radius 2 is 1.53 bits per heavy atom. The van der Waals surface area contributed by atoms with Crippen molar-refractivity contribution in [1.82, 2.24) is 10.2 Å². The first-order valence-corrected chi connectivity index (χ1v) is 15.3. The van der Waals surface area contributed by atoms with E-state index in [9.17, 15) is 8.42 Å². The van der Waals surface area contributed by atoms with Gasteiger partial charge >= 0.3 is 0 Å². The van der Waals surface area contributed by atoms with E-state index in [4.69, 9.17) is 9.29 Å². The van der Waals surface area contributed by atoms with E-state index < -0.39 is 10.1 Å². The fourth-order valence-electron chi connectivity index (χ4n) is 6.11. The molecular weight excluding hydrogens is 496 g/mol. The molecule has 0 spiro atoms. The predicted molar refractivity (Wildman–Crippen MR) is 153 cm³/mol. The van der Waals surface area contributed by atoms with Crippen molar-refractivity contribution in [3.05, 3.63) is 101 Å². The van der Waals surface area contributed by atoms with Gasteiger partial charge in [0.25, 0.3) is 10.1 Å². The molecule has 0 radical (unpaired) electrons. The van der Waals surface area contributed by atoms with Crippen molar-refractivity contribution in [2.24, 2.45) is 5.92 Å². The minimum Gasteiger partial charge on any atom is -0.496 e. The first-order chi connectivity index (χ1) is 18.3. The quantitative estimate of drug-likeness (QED) is 0.388. The number of rotatable bonds is 8. The topological polar surface area (TPSA) is 78.9 Å². The summed E-state index contributed by atoms with van der Waals surface area (Å²) in [6.45, 7) is 5.47. The molecule has 0 saturated carbocycles. The summed E-state index contributed by atoms with van der Waals surface area (Å²) in [6, 6.07) is 29.8. The molecule has 2 N–H and O–H groups in total. The Balaban J connectivity index is 0.000000617. The molecule has 2 atom stereocenters. The maximum atomic E-state index is 9.19. The summed E-state index contributed by atoms with van der Waals surface area (Å²) in [5.41, 5.74) is 5.46. The molecule has 2 bridgehead atoms. The van der Waals surface area contributed by atoms with Crippen molar-refractivity contribution >= 4 is 10.1 Å². The maximum Gasteiger partial charge on any atom is 0.261 e. The number of nitrogens with zero attached hydrogens (tertiary/aromatic N) is 1. The van der Waals surface area contributed by atoms with E-state index in [-0.39, 0.29) is 0 Å². The van der Waals surface area contributed by atoms with Gasteiger partial charge in [-0.1, -0.05) is 79.7 Å². The van der Waals surface area contributed by atoms with Crippen LogP contribution in [-0.2, 0) is 23.1 Å². The van der Waals surface area contributed by atoms with Crippen molar-refractivity contribution in [3.8, 4) is 5.75 Å². The van der Waals surface area contributed by atoms with Crippen LogP contribution < -0.4 is 10.1 Å². The Labute approximate surface area is 227 Å². The van der Waals surface area contributed by atoms with Gasteiger partial charge in [-0.05, 0) is 61.0 Å². The van der Waals surface area contributed by atoms with E-state index in [2.05, 4.69) is 96.0 Å². The van der Waals surface area contributed by atoms with Crippen LogP contribution in [0.2, 0.25) is 0 Å². The fraction of sp³-hybridized carbons (Fsp3) is 0.419. The van der Waals surface area contributed by atoms with Gasteiger partial charge in [0.05, 0.1) is 13.4 Å². The van der Waals surface area contributed by atoms with E-state index >= 15 is 0 Å². The van der Waals surface area contributed by atoms with Crippen molar-refractivity contribution in [2.75, 3.05) is 26.5 Å². The number of fused-ring (bicyclic) bond motifs is 3. The molecule has 3 aromatic carbocycles. The molecule has 6 rings (SSSR count). The summed E-state index contributed by atoms with van der Waals surface area (Å²) in [4.78, 5) is 2.75. The monoisotopic (exact) mass is 536 g/mol. The summed E-state index contributed by atoms with van der Waals surface area (Å²) < 4.78 is 31.6. The highest BCUT2D eigenvalue weighted by atomic mass is 32.2. The van der Waals surface area contributed by atoms with Gasteiger partial charge in [0, 0.05) is 30.1 Å². The summed E-state index contributed by atoms with van der Waals surface area (Å²) >= 11 is 0. The SMILES string of the molecule is CCc1ccc(OC)c(CN[C@H]2C3CCN(CC3)[C@H]2C(c2ccccc2)c2ccccc2)c1.CS(=O)(=O)O. The zero-order valence-electron chi connectivity index (χ0n) is 22.6. The van der Waals surface area contributed by atoms with Crippen LogP contribution in [0.5, 0.6) is 5.75 Å². The number of nitrogens with one attached hydrogen (secondary N) is 1. The van der Waals surface area contributed by atoms with Crippen LogP contribution in [0.15, 0.2) is 78.9 Å². The minimum atomic E-state index is -3.67. The molecule has 0 aliphatic carbocycles. The molecule has 3 aliphatic heterocycles. The van der Waals surface area contributed by atoms with Crippen LogP contribution in [0, 0.1) is 5.92 Å². The van der Waals surface area contributed by atoms with Gasteiger partial charge in [-0.2, -0.15) is 8.42 Å². The van der Waals surface area contributed by atoms with Gasteiger partial charge in [0.1, 0.15) is 5.75 Å². The number of hydrogen-bond acceptors (Lipinski definition) is 5. The van der Waals surface area contributed by atoms with E-state index in [0.29, 0.717) is 24.3 Å². The third-order valence-corrected chi connectivity index (χ3v) is 7.81. The summed E-state index contributed by atoms with van der Waals surface area (Å²) in [6.07, 6.45) is 4.34. The molecule has 0 unspecified atom stereocenters. The number of hydrogen-bond donors (Lipinski definition) is 2. The summed E-state index contributed by atoms with van der Waals surface area (Å²) in [5, 5.41) is 4.04. The molecule has 0 aromatic heterocycles. The van der Waals surface area contributed by atoms with E-state index in [0.717, 1.165) is 24.6 Å². The zero-order chi connectivity index (χ0) is 27.1. The lowest BCUT2D eigenvalue weighted by Crippen LogP contribution is -2.64. The highest BCUT2D eigenvalue weighted by Gasteiger charge is 2.46. The molecule has 3 aromatic rings.